The van der Waals surface area contributed by atoms with Crippen molar-refractivity contribution < 1.29 is 24.8 Å². The Morgan fingerprint density at radius 2 is 2.21 bits per heavy atom. The summed E-state index contributed by atoms with van der Waals surface area (Å²) in [5, 5.41) is 28.4. The van der Waals surface area contributed by atoms with Crippen LogP contribution in [0.2, 0.25) is 0 Å². The number of aromatic nitrogens is 2. The third kappa shape index (κ3) is 2.61. The van der Waals surface area contributed by atoms with Gasteiger partial charge in [0.15, 0.2) is 6.23 Å². The zero-order valence-electron chi connectivity index (χ0n) is 10.3. The minimum absolute atomic E-state index is 0.176. The van der Waals surface area contributed by atoms with Crippen LogP contribution in [0.3, 0.4) is 0 Å². The van der Waals surface area contributed by atoms with E-state index >= 15 is 0 Å². The van der Waals surface area contributed by atoms with E-state index in [1.165, 1.54) is 12.3 Å². The van der Waals surface area contributed by atoms with Crippen LogP contribution in [0, 0.1) is 0 Å². The fourth-order valence-corrected chi connectivity index (χ4v) is 1.93. The van der Waals surface area contributed by atoms with Crippen molar-refractivity contribution >= 4 is 0 Å². The van der Waals surface area contributed by atoms with E-state index in [4.69, 9.17) is 14.6 Å². The highest BCUT2D eigenvalue weighted by Gasteiger charge is 2.43. The summed E-state index contributed by atoms with van der Waals surface area (Å²) < 4.78 is 11.4. The SMILES string of the molecule is CCOc1ccn([C@@H]2O[C@H](CO)[C@@H](O)[C@@H]2O)c(=O)n1. The lowest BCUT2D eigenvalue weighted by Crippen LogP contribution is -2.35. The van der Waals surface area contributed by atoms with Crippen molar-refractivity contribution in [1.29, 1.82) is 0 Å². The van der Waals surface area contributed by atoms with Gasteiger partial charge in [0.05, 0.1) is 13.2 Å². The third-order valence-electron chi connectivity index (χ3n) is 2.89. The summed E-state index contributed by atoms with van der Waals surface area (Å²) in [5.74, 6) is 0.176. The average molecular weight is 272 g/mol. The molecule has 1 aliphatic heterocycles. The zero-order chi connectivity index (χ0) is 14.0. The monoisotopic (exact) mass is 272 g/mol. The van der Waals surface area contributed by atoms with Crippen molar-refractivity contribution in [2.45, 2.75) is 31.5 Å². The van der Waals surface area contributed by atoms with Gasteiger partial charge in [0.25, 0.3) is 0 Å². The lowest BCUT2D eigenvalue weighted by Gasteiger charge is -2.17. The van der Waals surface area contributed by atoms with E-state index in [-0.39, 0.29) is 5.88 Å². The molecule has 2 rings (SSSR count). The zero-order valence-corrected chi connectivity index (χ0v) is 10.3. The Bertz CT molecular complexity index is 490. The van der Waals surface area contributed by atoms with Gasteiger partial charge in [-0.3, -0.25) is 4.57 Å². The molecule has 8 nitrogen and oxygen atoms in total. The van der Waals surface area contributed by atoms with Gasteiger partial charge in [-0.15, -0.1) is 0 Å². The van der Waals surface area contributed by atoms with Crippen LogP contribution in [-0.4, -0.2) is 56.4 Å². The second kappa shape index (κ2) is 5.66. The highest BCUT2D eigenvalue weighted by molar-refractivity contribution is 5.06. The first kappa shape index (κ1) is 13.9. The molecular weight excluding hydrogens is 256 g/mol. The second-order valence-corrected chi connectivity index (χ2v) is 4.12. The minimum atomic E-state index is -1.31. The van der Waals surface area contributed by atoms with Gasteiger partial charge in [-0.2, -0.15) is 4.98 Å². The Hall–Kier alpha value is -1.48. The van der Waals surface area contributed by atoms with Gasteiger partial charge in [0.2, 0.25) is 5.88 Å². The van der Waals surface area contributed by atoms with Crippen molar-refractivity contribution in [3.63, 3.8) is 0 Å². The molecule has 0 amide bonds. The molecule has 8 heteroatoms. The average Bonchev–Trinajstić information content (AvgIpc) is 2.67. The van der Waals surface area contributed by atoms with Gasteiger partial charge in [-0.05, 0) is 6.92 Å². The molecule has 1 aromatic rings. The van der Waals surface area contributed by atoms with Crippen molar-refractivity contribution in [2.75, 3.05) is 13.2 Å². The van der Waals surface area contributed by atoms with Crippen LogP contribution in [0.25, 0.3) is 0 Å². The van der Waals surface area contributed by atoms with E-state index in [9.17, 15) is 15.0 Å². The fraction of sp³-hybridized carbons (Fsp3) is 0.636. The smallest absolute Gasteiger partial charge is 0.353 e. The molecule has 0 aliphatic carbocycles. The molecule has 0 bridgehead atoms. The lowest BCUT2D eigenvalue weighted by atomic mass is 10.1. The van der Waals surface area contributed by atoms with Crippen LogP contribution < -0.4 is 10.4 Å². The number of rotatable bonds is 4. The van der Waals surface area contributed by atoms with Gasteiger partial charge in [-0.25, -0.2) is 4.79 Å². The highest BCUT2D eigenvalue weighted by atomic mass is 16.6. The van der Waals surface area contributed by atoms with E-state index in [1.807, 2.05) is 0 Å². The fourth-order valence-electron chi connectivity index (χ4n) is 1.93. The van der Waals surface area contributed by atoms with Gasteiger partial charge < -0.3 is 24.8 Å². The number of aliphatic hydroxyl groups is 3. The number of hydrogen-bond donors (Lipinski definition) is 3. The number of ether oxygens (including phenoxy) is 2. The third-order valence-corrected chi connectivity index (χ3v) is 2.89. The van der Waals surface area contributed by atoms with Crippen molar-refractivity contribution in [2.24, 2.45) is 0 Å². The highest BCUT2D eigenvalue weighted by Crippen LogP contribution is 2.28. The van der Waals surface area contributed by atoms with Crippen molar-refractivity contribution in [3.05, 3.63) is 22.7 Å². The summed E-state index contributed by atoms with van der Waals surface area (Å²) in [6.45, 7) is 1.69. The quantitative estimate of drug-likeness (QED) is 0.595. The Balaban J connectivity index is 2.25. The van der Waals surface area contributed by atoms with Gasteiger partial charge in [0, 0.05) is 12.3 Å². The second-order valence-electron chi connectivity index (χ2n) is 4.12. The molecule has 19 heavy (non-hydrogen) atoms. The topological polar surface area (TPSA) is 114 Å². The van der Waals surface area contributed by atoms with E-state index in [0.717, 1.165) is 4.57 Å². The molecular formula is C11H16N2O6. The largest absolute Gasteiger partial charge is 0.478 e. The summed E-state index contributed by atoms with van der Waals surface area (Å²) >= 11 is 0. The van der Waals surface area contributed by atoms with Crippen LogP contribution in [-0.2, 0) is 4.74 Å². The molecule has 0 aromatic carbocycles. The van der Waals surface area contributed by atoms with E-state index in [2.05, 4.69) is 4.98 Å². The summed E-state index contributed by atoms with van der Waals surface area (Å²) in [6, 6.07) is 1.46. The maximum Gasteiger partial charge on any atom is 0.353 e. The van der Waals surface area contributed by atoms with Crippen molar-refractivity contribution in [1.82, 2.24) is 9.55 Å². The van der Waals surface area contributed by atoms with Gasteiger partial charge in [-0.1, -0.05) is 0 Å². The maximum atomic E-state index is 11.8. The first-order valence-corrected chi connectivity index (χ1v) is 5.93. The molecule has 1 saturated heterocycles. The predicted molar refractivity (Wildman–Crippen MR) is 62.7 cm³/mol. The summed E-state index contributed by atoms with van der Waals surface area (Å²) in [5.41, 5.74) is -0.666. The number of aliphatic hydroxyl groups excluding tert-OH is 3. The molecule has 0 unspecified atom stereocenters. The molecule has 1 aromatic heterocycles. The van der Waals surface area contributed by atoms with E-state index in [0.29, 0.717) is 6.61 Å². The standard InChI is InChI=1S/C11H16N2O6/c1-2-18-7-3-4-13(11(17)12-7)10-9(16)8(15)6(5-14)19-10/h3-4,6,8-10,14-16H,2,5H2,1H3/t6-,8-,9+,10-/m1/s1. The van der Waals surface area contributed by atoms with Crippen LogP contribution in [0.1, 0.15) is 13.2 Å². The summed E-state index contributed by atoms with van der Waals surface area (Å²) in [6.07, 6.45) is -3.22. The molecule has 1 fully saturated rings. The van der Waals surface area contributed by atoms with Gasteiger partial charge in [0.1, 0.15) is 18.3 Å². The molecule has 0 spiro atoms. The Labute approximate surface area is 108 Å². The molecule has 2 heterocycles. The molecule has 4 atom stereocenters. The Morgan fingerprint density at radius 1 is 1.47 bits per heavy atom. The maximum absolute atomic E-state index is 11.8. The molecule has 3 N–H and O–H groups in total. The van der Waals surface area contributed by atoms with Crippen LogP contribution >= 0.6 is 0 Å². The summed E-state index contributed by atoms with van der Waals surface area (Å²) in [7, 11) is 0. The Kier molecular flexibility index (Phi) is 4.15. The van der Waals surface area contributed by atoms with Gasteiger partial charge >= 0.3 is 5.69 Å². The van der Waals surface area contributed by atoms with Crippen molar-refractivity contribution in [3.8, 4) is 5.88 Å². The first-order chi connectivity index (χ1) is 9.08. The molecule has 0 saturated carbocycles. The first-order valence-electron chi connectivity index (χ1n) is 5.93. The predicted octanol–water partition coefficient (Wildman–Crippen LogP) is -1.75. The van der Waals surface area contributed by atoms with Crippen LogP contribution in [0.15, 0.2) is 17.1 Å². The minimum Gasteiger partial charge on any atom is -0.478 e. The summed E-state index contributed by atoms with van der Waals surface area (Å²) in [4.78, 5) is 15.5. The molecule has 0 radical (unpaired) electrons. The van der Waals surface area contributed by atoms with Crippen LogP contribution in [0.4, 0.5) is 0 Å². The molecule has 106 valence electrons. The van der Waals surface area contributed by atoms with Crippen LogP contribution in [0.5, 0.6) is 5.88 Å². The number of nitrogens with zero attached hydrogens (tertiary/aromatic N) is 2. The van der Waals surface area contributed by atoms with E-state index < -0.39 is 36.8 Å². The normalized spacial score (nSPS) is 30.5. The lowest BCUT2D eigenvalue weighted by molar-refractivity contribution is -0.0551. The number of hydrogen-bond acceptors (Lipinski definition) is 7. The van der Waals surface area contributed by atoms with E-state index in [1.54, 1.807) is 6.92 Å². The Morgan fingerprint density at radius 3 is 2.74 bits per heavy atom. The molecule has 1 aliphatic rings.